The monoisotopic (exact) mass is 293 g/mol. The number of primary amides is 1. The van der Waals surface area contributed by atoms with Crippen LogP contribution in [0.2, 0.25) is 0 Å². The number of methoxy groups -OCH3 is 1. The third-order valence-corrected chi connectivity index (χ3v) is 4.01. The first-order valence-corrected chi connectivity index (χ1v) is 6.92. The van der Waals surface area contributed by atoms with Crippen molar-refractivity contribution < 1.29 is 9.53 Å². The number of aromatic nitrogens is 4. The SMILES string of the molecule is CCC(Sc1nnnn1-c1ccc(OC)cc1)C(N)=O. The molecule has 2 rings (SSSR count). The summed E-state index contributed by atoms with van der Waals surface area (Å²) in [5.74, 6) is 0.376. The van der Waals surface area contributed by atoms with E-state index in [9.17, 15) is 4.79 Å². The molecule has 1 aromatic carbocycles. The van der Waals surface area contributed by atoms with Gasteiger partial charge in [0.25, 0.3) is 0 Å². The van der Waals surface area contributed by atoms with Crippen molar-refractivity contribution in [2.45, 2.75) is 23.8 Å². The van der Waals surface area contributed by atoms with E-state index < -0.39 is 0 Å². The Kier molecular flexibility index (Phi) is 4.57. The van der Waals surface area contributed by atoms with Gasteiger partial charge in [-0.25, -0.2) is 0 Å². The van der Waals surface area contributed by atoms with Gasteiger partial charge in [0, 0.05) is 0 Å². The number of nitrogens with zero attached hydrogens (tertiary/aromatic N) is 4. The molecule has 106 valence electrons. The van der Waals surface area contributed by atoms with Gasteiger partial charge in [-0.05, 0) is 41.1 Å². The normalized spacial score (nSPS) is 12.1. The predicted octanol–water partition coefficient (Wildman–Crippen LogP) is 1.03. The summed E-state index contributed by atoms with van der Waals surface area (Å²) in [6, 6.07) is 7.31. The summed E-state index contributed by atoms with van der Waals surface area (Å²) in [6.45, 7) is 1.89. The molecule has 0 aliphatic carbocycles. The first kappa shape index (κ1) is 14.3. The van der Waals surface area contributed by atoms with Crippen molar-refractivity contribution in [1.82, 2.24) is 20.2 Å². The van der Waals surface area contributed by atoms with E-state index >= 15 is 0 Å². The molecular formula is C12H15N5O2S. The molecule has 0 fully saturated rings. The number of ether oxygens (including phenoxy) is 1. The van der Waals surface area contributed by atoms with E-state index in [2.05, 4.69) is 15.5 Å². The number of carbonyl (C=O) groups is 1. The highest BCUT2D eigenvalue weighted by Crippen LogP contribution is 2.25. The average Bonchev–Trinajstić information content (AvgIpc) is 2.92. The summed E-state index contributed by atoms with van der Waals surface area (Å²) in [4.78, 5) is 11.3. The molecule has 0 aliphatic heterocycles. The van der Waals surface area contributed by atoms with Gasteiger partial charge in [0.15, 0.2) is 0 Å². The third-order valence-electron chi connectivity index (χ3n) is 2.69. The number of hydrogen-bond donors (Lipinski definition) is 1. The van der Waals surface area contributed by atoms with E-state index in [0.717, 1.165) is 11.4 Å². The molecule has 20 heavy (non-hydrogen) atoms. The molecule has 7 nitrogen and oxygen atoms in total. The van der Waals surface area contributed by atoms with Gasteiger partial charge in [0.2, 0.25) is 11.1 Å². The van der Waals surface area contributed by atoms with E-state index in [1.54, 1.807) is 11.8 Å². The van der Waals surface area contributed by atoms with Crippen LogP contribution in [-0.2, 0) is 4.79 Å². The maximum Gasteiger partial charge on any atom is 0.231 e. The summed E-state index contributed by atoms with van der Waals surface area (Å²) in [7, 11) is 1.60. The molecule has 8 heteroatoms. The fraction of sp³-hybridized carbons (Fsp3) is 0.333. The molecule has 0 radical (unpaired) electrons. The van der Waals surface area contributed by atoms with Gasteiger partial charge in [-0.15, -0.1) is 5.10 Å². The highest BCUT2D eigenvalue weighted by Gasteiger charge is 2.19. The molecular weight excluding hydrogens is 278 g/mol. The predicted molar refractivity (Wildman–Crippen MR) is 74.8 cm³/mol. The van der Waals surface area contributed by atoms with E-state index in [1.165, 1.54) is 11.8 Å². The number of nitrogens with two attached hydrogens (primary N) is 1. The van der Waals surface area contributed by atoms with Crippen molar-refractivity contribution in [3.8, 4) is 11.4 Å². The van der Waals surface area contributed by atoms with Crippen LogP contribution >= 0.6 is 11.8 Å². The maximum atomic E-state index is 11.3. The minimum atomic E-state index is -0.373. The van der Waals surface area contributed by atoms with Crippen LogP contribution < -0.4 is 10.5 Å². The van der Waals surface area contributed by atoms with Crippen LogP contribution in [0, 0.1) is 0 Å². The summed E-state index contributed by atoms with van der Waals surface area (Å²) >= 11 is 1.26. The fourth-order valence-electron chi connectivity index (χ4n) is 1.61. The van der Waals surface area contributed by atoms with Crippen LogP contribution in [-0.4, -0.2) is 38.5 Å². The molecule has 1 aromatic heterocycles. The number of hydrogen-bond acceptors (Lipinski definition) is 6. The Balaban J connectivity index is 2.25. The highest BCUT2D eigenvalue weighted by atomic mass is 32.2. The van der Waals surface area contributed by atoms with Gasteiger partial charge < -0.3 is 10.5 Å². The number of carbonyl (C=O) groups excluding carboxylic acids is 1. The minimum absolute atomic E-state index is 0.349. The van der Waals surface area contributed by atoms with Crippen LogP contribution in [0.1, 0.15) is 13.3 Å². The Labute approximate surface area is 120 Å². The summed E-state index contributed by atoms with van der Waals surface area (Å²) in [6.07, 6.45) is 0.621. The quantitative estimate of drug-likeness (QED) is 0.799. The number of benzene rings is 1. The van der Waals surface area contributed by atoms with Gasteiger partial charge in [-0.2, -0.15) is 4.68 Å². The zero-order chi connectivity index (χ0) is 14.5. The van der Waals surface area contributed by atoms with Gasteiger partial charge in [0.1, 0.15) is 5.75 Å². The van der Waals surface area contributed by atoms with Crippen LogP contribution in [0.3, 0.4) is 0 Å². The number of rotatable bonds is 6. The van der Waals surface area contributed by atoms with Crippen LogP contribution in [0.15, 0.2) is 29.4 Å². The number of tetrazole rings is 1. The lowest BCUT2D eigenvalue weighted by atomic mass is 10.3. The molecule has 1 unspecified atom stereocenters. The third kappa shape index (κ3) is 3.08. The molecule has 1 atom stereocenters. The Hall–Kier alpha value is -2.09. The van der Waals surface area contributed by atoms with Crippen LogP contribution in [0.25, 0.3) is 5.69 Å². The number of amides is 1. The number of thioether (sulfide) groups is 1. The van der Waals surface area contributed by atoms with Crippen molar-refractivity contribution in [2.75, 3.05) is 7.11 Å². The lowest BCUT2D eigenvalue weighted by Gasteiger charge is -2.10. The lowest BCUT2D eigenvalue weighted by Crippen LogP contribution is -2.25. The topological polar surface area (TPSA) is 95.9 Å². The molecule has 2 aromatic rings. The van der Waals surface area contributed by atoms with E-state index in [-0.39, 0.29) is 11.2 Å². The summed E-state index contributed by atoms with van der Waals surface area (Å²) in [5.41, 5.74) is 6.13. The van der Waals surface area contributed by atoms with Gasteiger partial charge in [-0.3, -0.25) is 4.79 Å². The highest BCUT2D eigenvalue weighted by molar-refractivity contribution is 8.00. The van der Waals surface area contributed by atoms with E-state index in [1.807, 2.05) is 31.2 Å². The van der Waals surface area contributed by atoms with Crippen molar-refractivity contribution in [2.24, 2.45) is 5.73 Å². The van der Waals surface area contributed by atoms with Crippen molar-refractivity contribution >= 4 is 17.7 Å². The van der Waals surface area contributed by atoms with E-state index in [4.69, 9.17) is 10.5 Å². The maximum absolute atomic E-state index is 11.3. The first-order chi connectivity index (χ1) is 9.65. The zero-order valence-electron chi connectivity index (χ0n) is 11.2. The molecule has 0 aliphatic rings. The summed E-state index contributed by atoms with van der Waals surface area (Å²) < 4.78 is 6.67. The van der Waals surface area contributed by atoms with Gasteiger partial charge >= 0.3 is 0 Å². The minimum Gasteiger partial charge on any atom is -0.497 e. The Morgan fingerprint density at radius 3 is 2.70 bits per heavy atom. The van der Waals surface area contributed by atoms with Gasteiger partial charge in [0.05, 0.1) is 18.0 Å². The Morgan fingerprint density at radius 1 is 1.45 bits per heavy atom. The van der Waals surface area contributed by atoms with Crippen LogP contribution in [0.4, 0.5) is 0 Å². The van der Waals surface area contributed by atoms with Gasteiger partial charge in [-0.1, -0.05) is 18.7 Å². The lowest BCUT2D eigenvalue weighted by molar-refractivity contribution is -0.117. The molecule has 0 saturated carbocycles. The van der Waals surface area contributed by atoms with Crippen LogP contribution in [0.5, 0.6) is 5.75 Å². The van der Waals surface area contributed by atoms with E-state index in [0.29, 0.717) is 11.6 Å². The standard InChI is InChI=1S/C12H15N5O2S/c1-3-10(11(13)18)20-12-14-15-16-17(12)8-4-6-9(19-2)7-5-8/h4-7,10H,3H2,1-2H3,(H2,13,18). The molecule has 1 heterocycles. The molecule has 0 bridgehead atoms. The second-order valence-corrected chi connectivity index (χ2v) is 5.16. The molecule has 0 spiro atoms. The molecule has 0 saturated heterocycles. The Morgan fingerprint density at radius 2 is 2.15 bits per heavy atom. The first-order valence-electron chi connectivity index (χ1n) is 6.04. The smallest absolute Gasteiger partial charge is 0.231 e. The van der Waals surface area contributed by atoms with Crippen molar-refractivity contribution in [1.29, 1.82) is 0 Å². The second kappa shape index (κ2) is 6.38. The second-order valence-electron chi connectivity index (χ2n) is 3.99. The summed E-state index contributed by atoms with van der Waals surface area (Å²) in [5, 5.41) is 11.7. The Bertz CT molecular complexity index is 584. The largest absolute Gasteiger partial charge is 0.497 e. The van der Waals surface area contributed by atoms with Crippen molar-refractivity contribution in [3.63, 3.8) is 0 Å². The molecule has 2 N–H and O–H groups in total. The van der Waals surface area contributed by atoms with Crippen molar-refractivity contribution in [3.05, 3.63) is 24.3 Å². The molecule has 1 amide bonds. The average molecular weight is 293 g/mol. The fourth-order valence-corrected chi connectivity index (χ4v) is 2.47. The zero-order valence-corrected chi connectivity index (χ0v) is 12.0.